The van der Waals surface area contributed by atoms with Crippen molar-refractivity contribution in [2.45, 2.75) is 19.8 Å². The van der Waals surface area contributed by atoms with Crippen LogP contribution in [-0.2, 0) is 0 Å². The average Bonchev–Trinajstić information content (AvgIpc) is 2.54. The molecule has 0 heterocycles. The summed E-state index contributed by atoms with van der Waals surface area (Å²) in [7, 11) is 0. The van der Waals surface area contributed by atoms with Gasteiger partial charge in [-0.2, -0.15) is 0 Å². The van der Waals surface area contributed by atoms with Gasteiger partial charge >= 0.3 is 0 Å². The number of rotatable bonds is 7. The molecular formula is C18H20BrNO3. The molecule has 0 aliphatic rings. The summed E-state index contributed by atoms with van der Waals surface area (Å²) in [6.07, 6.45) is 1.36. The molecule has 0 fully saturated rings. The highest BCUT2D eigenvalue weighted by Crippen LogP contribution is 2.25. The molecule has 2 aromatic carbocycles. The Morgan fingerprint density at radius 1 is 1.09 bits per heavy atom. The molecule has 0 saturated heterocycles. The Hall–Kier alpha value is -2.01. The second-order valence-corrected chi connectivity index (χ2v) is 6.21. The summed E-state index contributed by atoms with van der Waals surface area (Å²) in [5.74, 6) is 2.08. The Kier molecular flexibility index (Phi) is 6.47. The van der Waals surface area contributed by atoms with Gasteiger partial charge in [0.2, 0.25) is 0 Å². The zero-order valence-corrected chi connectivity index (χ0v) is 14.8. The van der Waals surface area contributed by atoms with Crippen molar-refractivity contribution in [3.8, 4) is 11.5 Å². The standard InChI is InChI=1S/C18H20BrNO3/c1-13(2)15-4-6-16(7-5-15)22-9-10-23-18-8-3-14(12-20-21)11-17(18)19/h3-8,11-13,21H,9-10H2,1-2H3. The summed E-state index contributed by atoms with van der Waals surface area (Å²) < 4.78 is 12.1. The van der Waals surface area contributed by atoms with Gasteiger partial charge in [0, 0.05) is 0 Å². The summed E-state index contributed by atoms with van der Waals surface area (Å²) in [6, 6.07) is 13.6. The summed E-state index contributed by atoms with van der Waals surface area (Å²) in [4.78, 5) is 0. The third-order valence-electron chi connectivity index (χ3n) is 3.32. The number of halogens is 1. The van der Waals surface area contributed by atoms with Crippen LogP contribution in [0.1, 0.15) is 30.9 Å². The molecular weight excluding hydrogens is 358 g/mol. The first-order valence-corrected chi connectivity index (χ1v) is 8.22. The van der Waals surface area contributed by atoms with E-state index in [0.29, 0.717) is 19.1 Å². The van der Waals surface area contributed by atoms with Crippen LogP contribution >= 0.6 is 15.9 Å². The molecule has 2 rings (SSSR count). The fourth-order valence-corrected chi connectivity index (χ4v) is 2.55. The van der Waals surface area contributed by atoms with E-state index in [1.807, 2.05) is 30.3 Å². The molecule has 0 saturated carbocycles. The molecule has 5 heteroatoms. The van der Waals surface area contributed by atoms with E-state index in [-0.39, 0.29) is 0 Å². The van der Waals surface area contributed by atoms with Gasteiger partial charge in [-0.15, -0.1) is 0 Å². The lowest BCUT2D eigenvalue weighted by Gasteiger charge is -2.11. The maximum Gasteiger partial charge on any atom is 0.133 e. The molecule has 2 aromatic rings. The number of hydrogen-bond acceptors (Lipinski definition) is 4. The Bertz CT molecular complexity index is 654. The van der Waals surface area contributed by atoms with Gasteiger partial charge in [0.05, 0.1) is 10.7 Å². The first-order chi connectivity index (χ1) is 11.1. The van der Waals surface area contributed by atoms with Crippen LogP contribution in [0.15, 0.2) is 52.1 Å². The summed E-state index contributed by atoms with van der Waals surface area (Å²) in [6.45, 7) is 5.24. The van der Waals surface area contributed by atoms with Gasteiger partial charge in [-0.25, -0.2) is 0 Å². The lowest BCUT2D eigenvalue weighted by atomic mass is 10.0. The number of benzene rings is 2. The smallest absolute Gasteiger partial charge is 0.133 e. The molecule has 0 amide bonds. The predicted octanol–water partition coefficient (Wildman–Crippen LogP) is 4.84. The van der Waals surface area contributed by atoms with E-state index in [2.05, 4.69) is 47.1 Å². The number of ether oxygens (including phenoxy) is 2. The highest BCUT2D eigenvalue weighted by Gasteiger charge is 2.03. The number of oxime groups is 1. The first kappa shape index (κ1) is 17.3. The average molecular weight is 378 g/mol. The molecule has 23 heavy (non-hydrogen) atoms. The Morgan fingerprint density at radius 3 is 2.39 bits per heavy atom. The van der Waals surface area contributed by atoms with Gasteiger partial charge in [-0.1, -0.05) is 31.1 Å². The maximum atomic E-state index is 8.52. The Morgan fingerprint density at radius 2 is 1.78 bits per heavy atom. The molecule has 4 nitrogen and oxygen atoms in total. The normalized spacial score (nSPS) is 11.1. The minimum atomic E-state index is 0.442. The van der Waals surface area contributed by atoms with Crippen molar-refractivity contribution in [2.75, 3.05) is 13.2 Å². The monoisotopic (exact) mass is 377 g/mol. The van der Waals surface area contributed by atoms with Crippen molar-refractivity contribution in [2.24, 2.45) is 5.16 Å². The van der Waals surface area contributed by atoms with Crippen molar-refractivity contribution in [3.63, 3.8) is 0 Å². The second-order valence-electron chi connectivity index (χ2n) is 5.36. The number of nitrogens with zero attached hydrogens (tertiary/aromatic N) is 1. The quantitative estimate of drug-likeness (QED) is 0.325. The molecule has 0 atom stereocenters. The molecule has 0 radical (unpaired) electrons. The van der Waals surface area contributed by atoms with E-state index < -0.39 is 0 Å². The largest absolute Gasteiger partial charge is 0.490 e. The third-order valence-corrected chi connectivity index (χ3v) is 3.94. The SMILES string of the molecule is CC(C)c1ccc(OCCOc2ccc(C=NO)cc2Br)cc1. The Balaban J connectivity index is 1.81. The van der Waals surface area contributed by atoms with E-state index in [1.54, 1.807) is 0 Å². The lowest BCUT2D eigenvalue weighted by Crippen LogP contribution is -2.09. The summed E-state index contributed by atoms with van der Waals surface area (Å²) in [5.41, 5.74) is 2.08. The second kappa shape index (κ2) is 8.58. The Labute approximate surface area is 144 Å². The van der Waals surface area contributed by atoms with Gasteiger partial charge in [0.25, 0.3) is 0 Å². The van der Waals surface area contributed by atoms with Crippen molar-refractivity contribution in [1.82, 2.24) is 0 Å². The molecule has 0 aliphatic heterocycles. The van der Waals surface area contributed by atoms with Crippen LogP contribution in [0.5, 0.6) is 11.5 Å². The van der Waals surface area contributed by atoms with Crippen molar-refractivity contribution in [3.05, 3.63) is 58.1 Å². The van der Waals surface area contributed by atoms with Crippen LogP contribution in [0.4, 0.5) is 0 Å². The van der Waals surface area contributed by atoms with Crippen molar-refractivity contribution >= 4 is 22.1 Å². The summed E-state index contributed by atoms with van der Waals surface area (Å²) >= 11 is 3.43. The van der Waals surface area contributed by atoms with E-state index >= 15 is 0 Å². The molecule has 1 N–H and O–H groups in total. The van der Waals surface area contributed by atoms with Gasteiger partial charge in [-0.05, 0) is 63.3 Å². The van der Waals surface area contributed by atoms with E-state index in [1.165, 1.54) is 11.8 Å². The van der Waals surface area contributed by atoms with Crippen LogP contribution in [-0.4, -0.2) is 24.6 Å². The summed E-state index contributed by atoms with van der Waals surface area (Å²) in [5, 5.41) is 11.5. The van der Waals surface area contributed by atoms with Gasteiger partial charge < -0.3 is 14.7 Å². The molecule has 0 unspecified atom stereocenters. The highest BCUT2D eigenvalue weighted by atomic mass is 79.9. The van der Waals surface area contributed by atoms with E-state index in [4.69, 9.17) is 14.7 Å². The van der Waals surface area contributed by atoms with Crippen molar-refractivity contribution in [1.29, 1.82) is 0 Å². The molecule has 0 aromatic heterocycles. The fraction of sp³-hybridized carbons (Fsp3) is 0.278. The molecule has 0 spiro atoms. The minimum Gasteiger partial charge on any atom is -0.490 e. The predicted molar refractivity (Wildman–Crippen MR) is 95.0 cm³/mol. The van der Waals surface area contributed by atoms with Crippen LogP contribution in [0, 0.1) is 0 Å². The van der Waals surface area contributed by atoms with Crippen molar-refractivity contribution < 1.29 is 14.7 Å². The van der Waals surface area contributed by atoms with Crippen LogP contribution in [0.2, 0.25) is 0 Å². The van der Waals surface area contributed by atoms with Crippen LogP contribution in [0.25, 0.3) is 0 Å². The molecule has 122 valence electrons. The maximum absolute atomic E-state index is 8.52. The zero-order valence-electron chi connectivity index (χ0n) is 13.2. The van der Waals surface area contributed by atoms with E-state index in [0.717, 1.165) is 21.5 Å². The first-order valence-electron chi connectivity index (χ1n) is 7.42. The van der Waals surface area contributed by atoms with Gasteiger partial charge in [-0.3, -0.25) is 0 Å². The number of hydrogen-bond donors (Lipinski definition) is 1. The van der Waals surface area contributed by atoms with E-state index in [9.17, 15) is 0 Å². The minimum absolute atomic E-state index is 0.442. The highest BCUT2D eigenvalue weighted by molar-refractivity contribution is 9.10. The van der Waals surface area contributed by atoms with Crippen LogP contribution < -0.4 is 9.47 Å². The zero-order chi connectivity index (χ0) is 16.7. The van der Waals surface area contributed by atoms with Gasteiger partial charge in [0.1, 0.15) is 24.7 Å². The molecule has 0 aliphatic carbocycles. The van der Waals surface area contributed by atoms with Crippen LogP contribution in [0.3, 0.4) is 0 Å². The van der Waals surface area contributed by atoms with Gasteiger partial charge in [0.15, 0.2) is 0 Å². The third kappa shape index (κ3) is 5.28. The molecule has 0 bridgehead atoms. The lowest BCUT2D eigenvalue weighted by molar-refractivity contribution is 0.216. The topological polar surface area (TPSA) is 51.0 Å². The fourth-order valence-electron chi connectivity index (χ4n) is 2.04.